The summed E-state index contributed by atoms with van der Waals surface area (Å²) in [6, 6.07) is -0.225. The lowest BCUT2D eigenvalue weighted by molar-refractivity contribution is 0.0364. The van der Waals surface area contributed by atoms with E-state index in [1.54, 1.807) is 0 Å². The molecule has 0 amide bonds. The first-order valence-corrected chi connectivity index (χ1v) is 9.81. The molecule has 3 atom stereocenters. The molecule has 1 aliphatic heterocycles. The van der Waals surface area contributed by atoms with Gasteiger partial charge in [0.05, 0.1) is 34.4 Å². The lowest BCUT2D eigenvalue weighted by atomic mass is 10.0. The Hall–Kier alpha value is -2.59. The van der Waals surface area contributed by atoms with Crippen molar-refractivity contribution in [1.82, 2.24) is 9.55 Å². The van der Waals surface area contributed by atoms with Gasteiger partial charge in [-0.3, -0.25) is 14.3 Å². The largest absolute Gasteiger partial charge is 0.389 e. The fourth-order valence-electron chi connectivity index (χ4n) is 4.93. The number of nitrogens with one attached hydrogen (secondary N) is 1. The molecule has 3 aliphatic rings. The van der Waals surface area contributed by atoms with Crippen molar-refractivity contribution in [2.45, 2.75) is 44.4 Å². The molecule has 0 radical (unpaired) electrons. The number of hydrogen-bond donors (Lipinski definition) is 3. The molecule has 0 bridgehead atoms. The number of H-pyrrole nitrogens is 1. The van der Waals surface area contributed by atoms with Gasteiger partial charge in [-0.1, -0.05) is 6.08 Å². The Balaban J connectivity index is 1.80. The monoisotopic (exact) mass is 423 g/mol. The first-order chi connectivity index (χ1) is 14.2. The number of benzene rings is 1. The van der Waals surface area contributed by atoms with Gasteiger partial charge in [0.2, 0.25) is 0 Å². The molecule has 10 heteroatoms. The SMILES string of the molecule is Cc1c(N2CC3=CC(O)C(O)C3C2)c(F)c(C(F)F)c2c(=O)[nH]c(=O)n(C3CC3)c12. The van der Waals surface area contributed by atoms with E-state index in [2.05, 4.69) is 4.98 Å². The molecule has 160 valence electrons. The molecule has 1 saturated heterocycles. The minimum absolute atomic E-state index is 0.0320. The molecular weight excluding hydrogens is 403 g/mol. The molecule has 30 heavy (non-hydrogen) atoms. The summed E-state index contributed by atoms with van der Waals surface area (Å²) in [5, 5.41) is 19.5. The Kier molecular flexibility index (Phi) is 4.17. The van der Waals surface area contributed by atoms with Crippen molar-refractivity contribution in [2.75, 3.05) is 18.0 Å². The number of alkyl halides is 2. The highest BCUT2D eigenvalue weighted by Crippen LogP contribution is 2.44. The van der Waals surface area contributed by atoms with Gasteiger partial charge in [-0.15, -0.1) is 0 Å². The summed E-state index contributed by atoms with van der Waals surface area (Å²) in [6.07, 6.45) is -2.48. The van der Waals surface area contributed by atoms with Gasteiger partial charge < -0.3 is 15.1 Å². The van der Waals surface area contributed by atoms with Gasteiger partial charge in [-0.2, -0.15) is 0 Å². The van der Waals surface area contributed by atoms with E-state index >= 15 is 4.39 Å². The summed E-state index contributed by atoms with van der Waals surface area (Å²) >= 11 is 0. The number of aliphatic hydroxyl groups excluding tert-OH is 2. The van der Waals surface area contributed by atoms with Crippen LogP contribution in [-0.4, -0.2) is 45.1 Å². The van der Waals surface area contributed by atoms with Crippen molar-refractivity contribution in [3.05, 3.63) is 49.4 Å². The van der Waals surface area contributed by atoms with Crippen molar-refractivity contribution in [3.8, 4) is 0 Å². The number of aryl methyl sites for hydroxylation is 1. The van der Waals surface area contributed by atoms with E-state index in [4.69, 9.17) is 0 Å². The zero-order valence-corrected chi connectivity index (χ0v) is 16.0. The third kappa shape index (κ3) is 2.59. The molecule has 0 spiro atoms. The Morgan fingerprint density at radius 3 is 2.53 bits per heavy atom. The van der Waals surface area contributed by atoms with Gasteiger partial charge >= 0.3 is 5.69 Å². The minimum atomic E-state index is -3.26. The standard InChI is InChI=1S/C20H20F3N3O4/c1-7-15-13(19(29)24-20(30)26(15)9-2-3-9)12(18(22)23)14(21)16(7)25-5-8-4-11(27)17(28)10(8)6-25/h4,9-11,17-18,27-28H,2-3,5-6H2,1H3,(H,24,29,30). The van der Waals surface area contributed by atoms with E-state index in [0.717, 1.165) is 0 Å². The average Bonchev–Trinajstić information content (AvgIpc) is 3.36. The van der Waals surface area contributed by atoms with E-state index in [9.17, 15) is 28.6 Å². The predicted molar refractivity (Wildman–Crippen MR) is 103 cm³/mol. The molecule has 7 nitrogen and oxygen atoms in total. The lowest BCUT2D eigenvalue weighted by Crippen LogP contribution is -2.34. The predicted octanol–water partition coefficient (Wildman–Crippen LogP) is 1.51. The van der Waals surface area contributed by atoms with Gasteiger partial charge in [0.25, 0.3) is 12.0 Å². The maximum atomic E-state index is 15.5. The Bertz CT molecular complexity index is 1210. The molecule has 3 unspecified atom stereocenters. The zero-order chi connectivity index (χ0) is 21.5. The van der Waals surface area contributed by atoms with E-state index in [0.29, 0.717) is 18.4 Å². The number of rotatable bonds is 3. The van der Waals surface area contributed by atoms with Crippen LogP contribution in [0.15, 0.2) is 21.2 Å². The third-order valence-corrected chi connectivity index (χ3v) is 6.43. The van der Waals surface area contributed by atoms with Crippen molar-refractivity contribution >= 4 is 16.6 Å². The quantitative estimate of drug-likeness (QED) is 0.650. The third-order valence-electron chi connectivity index (χ3n) is 6.43. The van der Waals surface area contributed by atoms with E-state index in [1.807, 2.05) is 0 Å². The number of hydrogen-bond acceptors (Lipinski definition) is 5. The van der Waals surface area contributed by atoms with E-state index in [1.165, 1.54) is 22.5 Å². The van der Waals surface area contributed by atoms with Gasteiger partial charge in [0.1, 0.15) is 0 Å². The molecule has 1 aromatic heterocycles. The van der Waals surface area contributed by atoms with Crippen molar-refractivity contribution in [3.63, 3.8) is 0 Å². The number of halogens is 3. The second-order valence-corrected chi connectivity index (χ2v) is 8.30. The van der Waals surface area contributed by atoms with Crippen LogP contribution in [0.2, 0.25) is 0 Å². The van der Waals surface area contributed by atoms with Gasteiger partial charge in [-0.25, -0.2) is 18.0 Å². The number of aromatic amines is 1. The molecule has 2 aromatic rings. The van der Waals surface area contributed by atoms with Crippen LogP contribution in [0.25, 0.3) is 10.9 Å². The Morgan fingerprint density at radius 2 is 1.93 bits per heavy atom. The highest BCUT2D eigenvalue weighted by Gasteiger charge is 2.43. The second-order valence-electron chi connectivity index (χ2n) is 8.30. The maximum Gasteiger partial charge on any atom is 0.329 e. The van der Waals surface area contributed by atoms with E-state index < -0.39 is 52.6 Å². The summed E-state index contributed by atoms with van der Waals surface area (Å²) in [5.74, 6) is -1.63. The van der Waals surface area contributed by atoms with Crippen LogP contribution in [0.4, 0.5) is 18.9 Å². The number of anilines is 1. The molecule has 1 aromatic carbocycles. The van der Waals surface area contributed by atoms with Crippen LogP contribution in [-0.2, 0) is 0 Å². The lowest BCUT2D eigenvalue weighted by Gasteiger charge is -2.26. The first-order valence-electron chi connectivity index (χ1n) is 9.81. The summed E-state index contributed by atoms with van der Waals surface area (Å²) in [6.45, 7) is 1.80. The summed E-state index contributed by atoms with van der Waals surface area (Å²) in [4.78, 5) is 28.5. The molecule has 3 N–H and O–H groups in total. The van der Waals surface area contributed by atoms with Crippen LogP contribution >= 0.6 is 0 Å². The second kappa shape index (κ2) is 6.45. The van der Waals surface area contributed by atoms with Crippen molar-refractivity contribution in [1.29, 1.82) is 0 Å². The Morgan fingerprint density at radius 1 is 1.23 bits per heavy atom. The molecule has 2 aliphatic carbocycles. The fraction of sp³-hybridized carbons (Fsp3) is 0.500. The van der Waals surface area contributed by atoms with E-state index in [-0.39, 0.29) is 35.9 Å². The fourth-order valence-corrected chi connectivity index (χ4v) is 4.93. The number of aliphatic hydroxyl groups is 2. The molecule has 2 fully saturated rings. The topological polar surface area (TPSA) is 98.6 Å². The summed E-state index contributed by atoms with van der Waals surface area (Å²) < 4.78 is 44.6. The number of aromatic nitrogens is 2. The average molecular weight is 423 g/mol. The van der Waals surface area contributed by atoms with Crippen LogP contribution in [0, 0.1) is 18.7 Å². The maximum absolute atomic E-state index is 15.5. The molecule has 2 heterocycles. The molecular formula is C20H20F3N3O4. The number of nitrogens with zero attached hydrogens (tertiary/aromatic N) is 2. The minimum Gasteiger partial charge on any atom is -0.389 e. The zero-order valence-electron chi connectivity index (χ0n) is 16.0. The smallest absolute Gasteiger partial charge is 0.329 e. The number of fused-ring (bicyclic) bond motifs is 2. The molecule has 5 rings (SSSR count). The first kappa shape index (κ1) is 19.4. The van der Waals surface area contributed by atoms with Crippen LogP contribution in [0.5, 0.6) is 0 Å². The highest BCUT2D eigenvalue weighted by molar-refractivity contribution is 5.91. The normalized spacial score (nSPS) is 26.0. The van der Waals surface area contributed by atoms with Crippen LogP contribution < -0.4 is 16.1 Å². The summed E-state index contributed by atoms with van der Waals surface area (Å²) in [7, 11) is 0. The van der Waals surface area contributed by atoms with Crippen molar-refractivity contribution < 1.29 is 23.4 Å². The van der Waals surface area contributed by atoms with Gasteiger partial charge in [0, 0.05) is 30.6 Å². The summed E-state index contributed by atoms with van der Waals surface area (Å²) in [5.41, 5.74) is -1.88. The van der Waals surface area contributed by atoms with Gasteiger partial charge in [0.15, 0.2) is 5.82 Å². The molecule has 1 saturated carbocycles. The van der Waals surface area contributed by atoms with Gasteiger partial charge in [-0.05, 0) is 25.3 Å². The highest BCUT2D eigenvalue weighted by atomic mass is 19.3. The van der Waals surface area contributed by atoms with Crippen LogP contribution in [0.1, 0.15) is 36.4 Å². The Labute approximate surface area is 168 Å². The van der Waals surface area contributed by atoms with Crippen LogP contribution in [0.3, 0.4) is 0 Å². The van der Waals surface area contributed by atoms with Crippen molar-refractivity contribution in [2.24, 2.45) is 5.92 Å².